The van der Waals surface area contributed by atoms with Gasteiger partial charge in [-0.15, -0.1) is 12.4 Å². The first-order chi connectivity index (χ1) is 7.16. The molecule has 0 aromatic carbocycles. The van der Waals surface area contributed by atoms with Crippen molar-refractivity contribution in [3.8, 4) is 0 Å². The molecule has 0 unspecified atom stereocenters. The van der Waals surface area contributed by atoms with Gasteiger partial charge in [-0.1, -0.05) is 0 Å². The number of pyridine rings is 1. The van der Waals surface area contributed by atoms with E-state index in [1.165, 1.54) is 12.3 Å². The van der Waals surface area contributed by atoms with E-state index in [1.54, 1.807) is 6.92 Å². The summed E-state index contributed by atoms with van der Waals surface area (Å²) in [6.07, 6.45) is 2.48. The van der Waals surface area contributed by atoms with Crippen molar-refractivity contribution in [2.24, 2.45) is 5.73 Å². The molecule has 0 fully saturated rings. The molecule has 0 saturated heterocycles. The minimum atomic E-state index is -3.36. The predicted octanol–water partition coefficient (Wildman–Crippen LogP) is 2.39. The molecule has 3 N–H and O–H groups in total. The first-order valence-electron chi connectivity index (χ1n) is 4.97. The molecule has 0 aliphatic rings. The Hall–Kier alpha value is -0.780. The summed E-state index contributed by atoms with van der Waals surface area (Å²) in [6.45, 7) is 3.81. The molecule has 1 atom stereocenters. The smallest absolute Gasteiger partial charge is 0.302 e. The van der Waals surface area contributed by atoms with E-state index in [-0.39, 0.29) is 24.0 Å². The molecule has 1 aromatic heterocycles. The molecular formula is C11H17ClF2N2O. The molecule has 1 rings (SSSR count). The minimum Gasteiger partial charge on any atom is -0.384 e. The van der Waals surface area contributed by atoms with Gasteiger partial charge in [-0.3, -0.25) is 4.98 Å². The molecule has 0 amide bonds. The fourth-order valence-electron chi connectivity index (χ4n) is 1.23. The number of aromatic nitrogens is 1. The van der Waals surface area contributed by atoms with Crippen LogP contribution in [0.2, 0.25) is 0 Å². The van der Waals surface area contributed by atoms with Crippen molar-refractivity contribution in [1.29, 1.82) is 0 Å². The lowest BCUT2D eigenvalue weighted by atomic mass is 9.93. The molecule has 17 heavy (non-hydrogen) atoms. The van der Waals surface area contributed by atoms with Gasteiger partial charge >= 0.3 is 5.92 Å². The van der Waals surface area contributed by atoms with Crippen molar-refractivity contribution in [2.75, 3.05) is 0 Å². The molecule has 0 radical (unpaired) electrons. The van der Waals surface area contributed by atoms with Crippen LogP contribution in [-0.2, 0) is 5.92 Å². The highest BCUT2D eigenvalue weighted by atomic mass is 35.5. The fourth-order valence-corrected chi connectivity index (χ4v) is 1.23. The molecule has 0 aliphatic heterocycles. The zero-order valence-corrected chi connectivity index (χ0v) is 10.8. The third-order valence-corrected chi connectivity index (χ3v) is 2.42. The average Bonchev–Trinajstić information content (AvgIpc) is 2.16. The van der Waals surface area contributed by atoms with Gasteiger partial charge in [0, 0.05) is 24.0 Å². The highest BCUT2D eigenvalue weighted by molar-refractivity contribution is 5.85. The molecule has 6 heteroatoms. The number of aliphatic hydroxyl groups is 1. The van der Waals surface area contributed by atoms with Crippen molar-refractivity contribution in [2.45, 2.75) is 38.3 Å². The van der Waals surface area contributed by atoms with Gasteiger partial charge in [0.05, 0.1) is 0 Å². The van der Waals surface area contributed by atoms with Gasteiger partial charge in [0.2, 0.25) is 0 Å². The van der Waals surface area contributed by atoms with Gasteiger partial charge in [0.15, 0.2) is 0 Å². The summed E-state index contributed by atoms with van der Waals surface area (Å²) in [4.78, 5) is 3.71. The fraction of sp³-hybridized carbons (Fsp3) is 0.545. The van der Waals surface area contributed by atoms with Gasteiger partial charge in [0.1, 0.15) is 5.60 Å². The minimum absolute atomic E-state index is 0. The maximum absolute atomic E-state index is 13.8. The van der Waals surface area contributed by atoms with E-state index >= 15 is 0 Å². The lowest BCUT2D eigenvalue weighted by Crippen LogP contribution is -2.40. The molecule has 3 nitrogen and oxygen atoms in total. The summed E-state index contributed by atoms with van der Waals surface area (Å²) in [6, 6.07) is 0.903. The average molecular weight is 267 g/mol. The lowest BCUT2D eigenvalue weighted by Gasteiger charge is -2.29. The van der Waals surface area contributed by atoms with E-state index in [1.807, 2.05) is 0 Å². The quantitative estimate of drug-likeness (QED) is 0.883. The summed E-state index contributed by atoms with van der Waals surface area (Å²) >= 11 is 0. The van der Waals surface area contributed by atoms with Crippen molar-refractivity contribution in [1.82, 2.24) is 4.98 Å². The van der Waals surface area contributed by atoms with Crippen LogP contribution in [0.1, 0.15) is 37.9 Å². The van der Waals surface area contributed by atoms with Crippen LogP contribution < -0.4 is 5.73 Å². The third kappa shape index (κ3) is 3.34. The number of alkyl halides is 2. The van der Waals surface area contributed by atoms with Crippen LogP contribution in [0.5, 0.6) is 0 Å². The van der Waals surface area contributed by atoms with E-state index in [0.29, 0.717) is 5.56 Å². The molecule has 98 valence electrons. The van der Waals surface area contributed by atoms with Crippen LogP contribution >= 0.6 is 12.4 Å². The van der Waals surface area contributed by atoms with E-state index < -0.39 is 11.5 Å². The normalized spacial score (nSPS) is 14.1. The van der Waals surface area contributed by atoms with E-state index in [2.05, 4.69) is 4.98 Å². The van der Waals surface area contributed by atoms with Crippen LogP contribution in [0.15, 0.2) is 18.5 Å². The molecule has 0 spiro atoms. The zero-order valence-electron chi connectivity index (χ0n) is 9.95. The van der Waals surface area contributed by atoms with E-state index in [9.17, 15) is 13.9 Å². The Balaban J connectivity index is 0.00000256. The number of nitrogens with two attached hydrogens (primary N) is 1. The topological polar surface area (TPSA) is 59.1 Å². The van der Waals surface area contributed by atoms with Gasteiger partial charge in [-0.25, -0.2) is 0 Å². The lowest BCUT2D eigenvalue weighted by molar-refractivity contribution is -0.168. The molecule has 1 aromatic rings. The van der Waals surface area contributed by atoms with Gasteiger partial charge in [-0.2, -0.15) is 8.78 Å². The third-order valence-electron chi connectivity index (χ3n) is 2.42. The number of hydrogen-bond donors (Lipinski definition) is 2. The molecule has 0 bridgehead atoms. The molecule has 1 heterocycles. The standard InChI is InChI=1S/C11H16F2N2O.ClH/c1-7(14)8-4-9(6-15-5-8)11(12,13)10(2,3)16;/h4-7,16H,14H2,1-3H3;1H/t7-;/m1./s1. The number of hydrogen-bond acceptors (Lipinski definition) is 3. The van der Waals surface area contributed by atoms with E-state index in [0.717, 1.165) is 20.0 Å². The SMILES string of the molecule is C[C@@H](N)c1cncc(C(F)(F)C(C)(C)O)c1.Cl. The summed E-state index contributed by atoms with van der Waals surface area (Å²) in [5.74, 6) is -3.36. The first-order valence-corrected chi connectivity index (χ1v) is 4.97. The molecule has 0 aliphatic carbocycles. The zero-order chi connectivity index (χ0) is 12.6. The second-order valence-electron chi connectivity index (χ2n) is 4.43. The summed E-state index contributed by atoms with van der Waals surface area (Å²) in [5, 5.41) is 9.42. The maximum Gasteiger partial charge on any atom is 0.302 e. The van der Waals surface area contributed by atoms with Crippen LogP contribution in [0.4, 0.5) is 8.78 Å². The Morgan fingerprint density at radius 3 is 2.29 bits per heavy atom. The second-order valence-corrected chi connectivity index (χ2v) is 4.43. The van der Waals surface area contributed by atoms with Gasteiger partial charge < -0.3 is 10.8 Å². The van der Waals surface area contributed by atoms with E-state index in [4.69, 9.17) is 5.73 Å². The van der Waals surface area contributed by atoms with Crippen LogP contribution in [0, 0.1) is 0 Å². The van der Waals surface area contributed by atoms with Gasteiger partial charge in [0.25, 0.3) is 0 Å². The van der Waals surface area contributed by atoms with Crippen LogP contribution in [0.3, 0.4) is 0 Å². The number of halogens is 3. The highest BCUT2D eigenvalue weighted by Gasteiger charge is 2.47. The van der Waals surface area contributed by atoms with Gasteiger partial charge in [-0.05, 0) is 32.4 Å². The maximum atomic E-state index is 13.8. The van der Waals surface area contributed by atoms with Crippen molar-refractivity contribution < 1.29 is 13.9 Å². The Kier molecular flexibility index (Phi) is 5.01. The summed E-state index contributed by atoms with van der Waals surface area (Å²) < 4.78 is 27.6. The Morgan fingerprint density at radius 1 is 1.35 bits per heavy atom. The number of nitrogens with zero attached hydrogens (tertiary/aromatic N) is 1. The van der Waals surface area contributed by atoms with Crippen molar-refractivity contribution in [3.05, 3.63) is 29.6 Å². The van der Waals surface area contributed by atoms with Crippen LogP contribution in [-0.4, -0.2) is 15.7 Å². The van der Waals surface area contributed by atoms with Crippen LogP contribution in [0.25, 0.3) is 0 Å². The summed E-state index contributed by atoms with van der Waals surface area (Å²) in [5.41, 5.74) is 3.64. The number of rotatable bonds is 3. The Bertz CT molecular complexity index is 378. The van der Waals surface area contributed by atoms with Crippen molar-refractivity contribution >= 4 is 12.4 Å². The Labute approximate surface area is 105 Å². The first kappa shape index (κ1) is 16.2. The Morgan fingerprint density at radius 2 is 1.88 bits per heavy atom. The highest BCUT2D eigenvalue weighted by Crippen LogP contribution is 2.38. The monoisotopic (exact) mass is 266 g/mol. The predicted molar refractivity (Wildman–Crippen MR) is 64.3 cm³/mol. The molecule has 0 saturated carbocycles. The second kappa shape index (κ2) is 5.25. The van der Waals surface area contributed by atoms with Crippen molar-refractivity contribution in [3.63, 3.8) is 0 Å². The molecular weight excluding hydrogens is 250 g/mol. The largest absolute Gasteiger partial charge is 0.384 e. The summed E-state index contributed by atoms with van der Waals surface area (Å²) in [7, 11) is 0.